The number of aromatic nitrogens is 2. The minimum absolute atomic E-state index is 0.0448. The third-order valence-corrected chi connectivity index (χ3v) is 6.74. The maximum Gasteiger partial charge on any atom is 0.329 e. The van der Waals surface area contributed by atoms with E-state index in [0.717, 1.165) is 12.1 Å². The molecule has 1 aromatic heterocycles. The largest absolute Gasteiger partial charge is 0.341 e. The van der Waals surface area contributed by atoms with Crippen molar-refractivity contribution in [2.24, 2.45) is 5.41 Å². The Hall–Kier alpha value is -3.07. The number of fused-ring (bicyclic) bond motifs is 1. The molecule has 0 aliphatic carbocycles. The van der Waals surface area contributed by atoms with Gasteiger partial charge in [-0.25, -0.2) is 14.6 Å². The monoisotopic (exact) mass is 486 g/mol. The molecule has 4 rings (SSSR count). The number of rotatable bonds is 4. The van der Waals surface area contributed by atoms with Gasteiger partial charge in [0.15, 0.2) is 0 Å². The maximum atomic E-state index is 13.4. The number of nitrogens with zero attached hydrogens (tertiary/aromatic N) is 4. The Kier molecular flexibility index (Phi) is 6.84. The van der Waals surface area contributed by atoms with Crippen molar-refractivity contribution in [3.63, 3.8) is 0 Å². The molecule has 34 heavy (non-hydrogen) atoms. The van der Waals surface area contributed by atoms with E-state index in [9.17, 15) is 14.4 Å². The molecule has 4 amide bonds. The summed E-state index contributed by atoms with van der Waals surface area (Å²) in [6.07, 6.45) is 5.49. The van der Waals surface area contributed by atoms with Crippen LogP contribution in [-0.4, -0.2) is 69.0 Å². The van der Waals surface area contributed by atoms with E-state index in [2.05, 4.69) is 15.6 Å². The Labute approximate surface area is 204 Å². The van der Waals surface area contributed by atoms with Crippen LogP contribution in [0.25, 0.3) is 0 Å². The van der Waals surface area contributed by atoms with Crippen LogP contribution in [-0.2, 0) is 11.2 Å². The molecule has 1 saturated heterocycles. The topological polar surface area (TPSA) is 99.6 Å². The van der Waals surface area contributed by atoms with E-state index in [0.29, 0.717) is 43.2 Å². The fourth-order valence-electron chi connectivity index (χ4n) is 4.55. The molecule has 2 aliphatic heterocycles. The molecule has 2 aliphatic rings. The van der Waals surface area contributed by atoms with Crippen LogP contribution in [0.1, 0.15) is 39.3 Å². The first-order valence-electron chi connectivity index (χ1n) is 11.6. The van der Waals surface area contributed by atoms with Crippen molar-refractivity contribution in [3.8, 4) is 0 Å². The van der Waals surface area contributed by atoms with E-state index in [-0.39, 0.29) is 18.0 Å². The lowest BCUT2D eigenvalue weighted by molar-refractivity contribution is -0.137. The molecule has 3 heterocycles. The fourth-order valence-corrected chi connectivity index (χ4v) is 4.67. The van der Waals surface area contributed by atoms with E-state index in [4.69, 9.17) is 11.6 Å². The number of anilines is 1. The van der Waals surface area contributed by atoms with Crippen LogP contribution in [0.5, 0.6) is 0 Å². The van der Waals surface area contributed by atoms with Gasteiger partial charge in [-0.2, -0.15) is 0 Å². The maximum absolute atomic E-state index is 13.4. The van der Waals surface area contributed by atoms with Gasteiger partial charge in [0.05, 0.1) is 0 Å². The van der Waals surface area contributed by atoms with Gasteiger partial charge >= 0.3 is 12.1 Å². The number of halogens is 1. The second-order valence-electron chi connectivity index (χ2n) is 9.94. The summed E-state index contributed by atoms with van der Waals surface area (Å²) in [7, 11) is 0. The number of piperidine rings is 1. The van der Waals surface area contributed by atoms with Crippen molar-refractivity contribution in [1.29, 1.82) is 0 Å². The van der Waals surface area contributed by atoms with E-state index in [1.54, 1.807) is 46.3 Å². The summed E-state index contributed by atoms with van der Waals surface area (Å²) >= 11 is 5.90. The second kappa shape index (κ2) is 9.66. The minimum Gasteiger partial charge on any atom is -0.341 e. The van der Waals surface area contributed by atoms with Crippen LogP contribution in [0.4, 0.5) is 15.3 Å². The zero-order valence-corrected chi connectivity index (χ0v) is 20.5. The zero-order valence-electron chi connectivity index (χ0n) is 19.8. The Bertz CT molecular complexity index is 1050. The first kappa shape index (κ1) is 24.1. The Morgan fingerprint density at radius 3 is 2.44 bits per heavy atom. The quantitative estimate of drug-likeness (QED) is 0.689. The van der Waals surface area contributed by atoms with Gasteiger partial charge in [0.2, 0.25) is 5.91 Å². The smallest absolute Gasteiger partial charge is 0.329 e. The summed E-state index contributed by atoms with van der Waals surface area (Å²) in [4.78, 5) is 46.7. The lowest BCUT2D eigenvalue weighted by Gasteiger charge is -2.42. The highest BCUT2D eigenvalue weighted by atomic mass is 35.5. The molecule has 1 atom stereocenters. The first-order valence-corrected chi connectivity index (χ1v) is 12.0. The van der Waals surface area contributed by atoms with Crippen molar-refractivity contribution in [2.45, 2.75) is 52.1 Å². The van der Waals surface area contributed by atoms with Gasteiger partial charge in [-0.1, -0.05) is 32.4 Å². The Morgan fingerprint density at radius 2 is 1.79 bits per heavy atom. The number of hydrogen-bond acceptors (Lipinski definition) is 4. The van der Waals surface area contributed by atoms with Crippen molar-refractivity contribution in [3.05, 3.63) is 47.5 Å². The average molecular weight is 487 g/mol. The molecule has 1 fully saturated rings. The lowest BCUT2D eigenvalue weighted by atomic mass is 9.85. The number of amides is 4. The van der Waals surface area contributed by atoms with Crippen LogP contribution < -0.4 is 10.6 Å². The normalized spacial score (nSPS) is 17.8. The van der Waals surface area contributed by atoms with Crippen molar-refractivity contribution < 1.29 is 14.4 Å². The molecule has 2 aromatic rings. The van der Waals surface area contributed by atoms with Crippen LogP contribution in [0.3, 0.4) is 0 Å². The molecular weight excluding hydrogens is 456 g/mol. The Balaban J connectivity index is 1.36. The number of carbonyl (C=O) groups excluding carboxylic acids is 3. The average Bonchev–Trinajstić information content (AvgIpc) is 3.28. The fraction of sp³-hybridized carbons (Fsp3) is 0.500. The number of hydrogen-bond donors (Lipinski definition) is 2. The van der Waals surface area contributed by atoms with Crippen LogP contribution in [0.2, 0.25) is 5.02 Å². The molecular formula is C24H31ClN6O3. The molecule has 0 spiro atoms. The number of likely N-dealkylation sites (tertiary alicyclic amines) is 1. The molecule has 182 valence electrons. The number of carbonyl (C=O) groups is 3. The van der Waals surface area contributed by atoms with Gasteiger partial charge in [0.25, 0.3) is 0 Å². The molecule has 9 nitrogen and oxygen atoms in total. The summed E-state index contributed by atoms with van der Waals surface area (Å²) in [5.41, 5.74) is 1.05. The van der Waals surface area contributed by atoms with Crippen LogP contribution in [0, 0.1) is 5.41 Å². The molecule has 0 bridgehead atoms. The predicted octanol–water partition coefficient (Wildman–Crippen LogP) is 3.59. The van der Waals surface area contributed by atoms with Gasteiger partial charge in [-0.05, 0) is 42.5 Å². The van der Waals surface area contributed by atoms with E-state index >= 15 is 0 Å². The SMILES string of the molecule is CC(C)(C)[C@@H](NC(=O)Nc1ccc(Cl)cc1)C(=O)N1CCC(N2CCc3cncn3C2=O)CC1. The van der Waals surface area contributed by atoms with E-state index in [1.165, 1.54) is 0 Å². The molecule has 2 N–H and O–H groups in total. The van der Waals surface area contributed by atoms with Gasteiger partial charge in [0, 0.05) is 54.7 Å². The third kappa shape index (κ3) is 5.19. The summed E-state index contributed by atoms with van der Waals surface area (Å²) in [6, 6.07) is 5.69. The minimum atomic E-state index is -0.693. The number of imidazole rings is 1. The standard InChI is InChI=1S/C24H31ClN6O3/c1-24(2,3)20(28-22(33)27-17-6-4-16(25)5-7-17)21(32)29-11-8-18(9-12-29)30-13-10-19-14-26-15-31(19)23(30)34/h4-7,14-15,18,20H,8-13H2,1-3H3,(H2,27,28,33)/t20-/m0/s1. The summed E-state index contributed by atoms with van der Waals surface area (Å²) in [5, 5.41) is 6.19. The van der Waals surface area contributed by atoms with Crippen molar-refractivity contribution >= 4 is 35.3 Å². The highest BCUT2D eigenvalue weighted by Gasteiger charge is 2.39. The van der Waals surface area contributed by atoms with Gasteiger partial charge < -0.3 is 20.4 Å². The molecule has 10 heteroatoms. The van der Waals surface area contributed by atoms with Crippen molar-refractivity contribution in [1.82, 2.24) is 24.7 Å². The van der Waals surface area contributed by atoms with E-state index in [1.807, 2.05) is 25.7 Å². The first-order chi connectivity index (χ1) is 16.1. The lowest BCUT2D eigenvalue weighted by Crippen LogP contribution is -2.58. The number of nitrogens with one attached hydrogen (secondary N) is 2. The summed E-state index contributed by atoms with van der Waals surface area (Å²) in [6.45, 7) is 7.54. The Morgan fingerprint density at radius 1 is 1.12 bits per heavy atom. The molecule has 0 radical (unpaired) electrons. The van der Waals surface area contributed by atoms with E-state index < -0.39 is 17.5 Å². The van der Waals surface area contributed by atoms with Gasteiger partial charge in [-0.3, -0.25) is 9.36 Å². The van der Waals surface area contributed by atoms with Crippen LogP contribution >= 0.6 is 11.6 Å². The van der Waals surface area contributed by atoms with Gasteiger partial charge in [0.1, 0.15) is 12.4 Å². The highest BCUT2D eigenvalue weighted by molar-refractivity contribution is 6.30. The number of benzene rings is 1. The predicted molar refractivity (Wildman–Crippen MR) is 130 cm³/mol. The third-order valence-electron chi connectivity index (χ3n) is 6.48. The number of urea groups is 1. The van der Waals surface area contributed by atoms with Crippen LogP contribution in [0.15, 0.2) is 36.8 Å². The second-order valence-corrected chi connectivity index (χ2v) is 10.4. The van der Waals surface area contributed by atoms with Crippen molar-refractivity contribution in [2.75, 3.05) is 25.0 Å². The zero-order chi connectivity index (χ0) is 24.5. The molecule has 1 aromatic carbocycles. The molecule has 0 saturated carbocycles. The summed E-state index contributed by atoms with van der Waals surface area (Å²) < 4.78 is 1.61. The highest BCUT2D eigenvalue weighted by Crippen LogP contribution is 2.26. The summed E-state index contributed by atoms with van der Waals surface area (Å²) in [5.74, 6) is -0.112. The molecule has 0 unspecified atom stereocenters. The van der Waals surface area contributed by atoms with Gasteiger partial charge in [-0.15, -0.1) is 0 Å².